The minimum Gasteiger partial charge on any atom is -0.497 e. The predicted molar refractivity (Wildman–Crippen MR) is 176 cm³/mol. The molecule has 2 aromatic heterocycles. The van der Waals surface area contributed by atoms with Gasteiger partial charge in [0.05, 0.1) is 29.1 Å². The fraction of sp³-hybridized carbons (Fsp3) is 0.394. The summed E-state index contributed by atoms with van der Waals surface area (Å²) < 4.78 is 49.5. The van der Waals surface area contributed by atoms with Crippen molar-refractivity contribution in [2.45, 2.75) is 44.9 Å². The molecule has 0 bridgehead atoms. The molecule has 0 aliphatic carbocycles. The molecule has 0 spiro atoms. The van der Waals surface area contributed by atoms with Crippen LogP contribution in [0.4, 0.5) is 4.39 Å². The predicted octanol–water partition coefficient (Wildman–Crippen LogP) is 5.33. The number of hydrogen-bond acceptors (Lipinski definition) is 8. The van der Waals surface area contributed by atoms with E-state index < -0.39 is 22.2 Å². The highest BCUT2D eigenvalue weighted by Crippen LogP contribution is 2.37. The minimum atomic E-state index is -3.61. The number of carboxylic acids is 1. The first-order valence-corrected chi connectivity index (χ1v) is 17.7. The van der Waals surface area contributed by atoms with Gasteiger partial charge in [-0.25, -0.2) is 22.5 Å². The number of methoxy groups -OCH3 is 1. The molecule has 10 nitrogen and oxygen atoms in total. The number of thiophene rings is 1. The molecular weight excluding hydrogens is 632 g/mol. The average Bonchev–Trinajstić information content (AvgIpc) is 3.80. The first kappa shape index (κ1) is 33.7. The number of aliphatic hydroxyl groups excluding tert-OH is 1. The molecule has 0 saturated carbocycles. The van der Waals surface area contributed by atoms with Gasteiger partial charge in [-0.3, -0.25) is 14.3 Å². The Balaban J connectivity index is 1.32. The smallest absolute Gasteiger partial charge is 0.303 e. The van der Waals surface area contributed by atoms with E-state index >= 15 is 0 Å². The highest BCUT2D eigenvalue weighted by molar-refractivity contribution is 7.89. The summed E-state index contributed by atoms with van der Waals surface area (Å²) >= 11 is 1.44. The van der Waals surface area contributed by atoms with Crippen molar-refractivity contribution in [1.82, 2.24) is 19.2 Å². The SMILES string of the molecule is COc1ccc(-c2c(CCNS(=O)(=O)CC3CCN(C(C)c4ccc(F)cc4)C3)nc(-c3cccs3)n2C(O)CCC(=O)O)cc1. The number of sulfonamides is 1. The number of aliphatic hydroxyl groups is 1. The van der Waals surface area contributed by atoms with E-state index in [0.717, 1.165) is 29.0 Å². The molecule has 1 fully saturated rings. The maximum atomic E-state index is 13.4. The summed E-state index contributed by atoms with van der Waals surface area (Å²) in [5.41, 5.74) is 2.88. The number of carbonyl (C=O) groups is 1. The summed E-state index contributed by atoms with van der Waals surface area (Å²) in [5.74, 6) is -0.220. The van der Waals surface area contributed by atoms with E-state index in [-0.39, 0.29) is 49.3 Å². The molecule has 46 heavy (non-hydrogen) atoms. The number of halogens is 1. The first-order valence-electron chi connectivity index (χ1n) is 15.2. The number of likely N-dealkylation sites (tertiary alicyclic amines) is 1. The number of nitrogens with one attached hydrogen (secondary N) is 1. The molecule has 0 radical (unpaired) electrons. The van der Waals surface area contributed by atoms with Crippen molar-refractivity contribution in [3.8, 4) is 27.7 Å². The molecule has 5 rings (SSSR count). The third-order valence-corrected chi connectivity index (χ3v) is 10.8. The van der Waals surface area contributed by atoms with Gasteiger partial charge in [0.15, 0.2) is 5.82 Å². The van der Waals surface area contributed by atoms with Crippen molar-refractivity contribution in [3.63, 3.8) is 0 Å². The third kappa shape index (κ3) is 8.20. The van der Waals surface area contributed by atoms with Crippen LogP contribution in [0, 0.1) is 11.7 Å². The number of hydrogen-bond donors (Lipinski definition) is 3. The van der Waals surface area contributed by atoms with Gasteiger partial charge in [-0.05, 0) is 79.2 Å². The fourth-order valence-electron chi connectivity index (χ4n) is 5.96. The Morgan fingerprint density at radius 1 is 1.17 bits per heavy atom. The third-order valence-electron chi connectivity index (χ3n) is 8.36. The maximum absolute atomic E-state index is 13.4. The zero-order valence-corrected chi connectivity index (χ0v) is 27.4. The topological polar surface area (TPSA) is 134 Å². The van der Waals surface area contributed by atoms with E-state index in [1.807, 2.05) is 36.6 Å². The maximum Gasteiger partial charge on any atom is 0.303 e. The van der Waals surface area contributed by atoms with Gasteiger partial charge in [-0.15, -0.1) is 11.3 Å². The lowest BCUT2D eigenvalue weighted by Crippen LogP contribution is -2.33. The van der Waals surface area contributed by atoms with Crippen LogP contribution in [0.15, 0.2) is 66.0 Å². The van der Waals surface area contributed by atoms with Gasteiger partial charge in [0, 0.05) is 44.0 Å². The average molecular weight is 671 g/mol. The van der Waals surface area contributed by atoms with Crippen molar-refractivity contribution in [3.05, 3.63) is 83.1 Å². The van der Waals surface area contributed by atoms with Crippen molar-refractivity contribution in [2.24, 2.45) is 5.92 Å². The van der Waals surface area contributed by atoms with Crippen LogP contribution in [-0.4, -0.2) is 71.5 Å². The second kappa shape index (κ2) is 14.9. The summed E-state index contributed by atoms with van der Waals surface area (Å²) in [6, 6.07) is 17.5. The van der Waals surface area contributed by atoms with Gasteiger partial charge in [0.1, 0.15) is 17.8 Å². The van der Waals surface area contributed by atoms with Gasteiger partial charge in [0.2, 0.25) is 10.0 Å². The highest BCUT2D eigenvalue weighted by atomic mass is 32.2. The van der Waals surface area contributed by atoms with Crippen molar-refractivity contribution < 1.29 is 32.6 Å². The summed E-state index contributed by atoms with van der Waals surface area (Å²) in [7, 11) is -2.05. The first-order chi connectivity index (χ1) is 22.0. The number of benzene rings is 2. The number of rotatable bonds is 15. The zero-order valence-electron chi connectivity index (χ0n) is 25.8. The minimum absolute atomic E-state index is 0.00619. The van der Waals surface area contributed by atoms with E-state index in [1.165, 1.54) is 23.5 Å². The van der Waals surface area contributed by atoms with Crippen molar-refractivity contribution in [2.75, 3.05) is 32.5 Å². The van der Waals surface area contributed by atoms with Gasteiger partial charge in [-0.2, -0.15) is 0 Å². The van der Waals surface area contributed by atoms with Crippen LogP contribution in [0.3, 0.4) is 0 Å². The molecule has 1 aliphatic rings. The largest absolute Gasteiger partial charge is 0.497 e. The van der Waals surface area contributed by atoms with Crippen LogP contribution < -0.4 is 9.46 Å². The molecule has 1 aliphatic heterocycles. The lowest BCUT2D eigenvalue weighted by Gasteiger charge is -2.24. The number of aliphatic carboxylic acids is 1. The number of nitrogens with zero attached hydrogens (tertiary/aromatic N) is 3. The van der Waals surface area contributed by atoms with Crippen LogP contribution in [0.2, 0.25) is 0 Å². The molecule has 2 aromatic carbocycles. The number of aromatic nitrogens is 2. The molecule has 246 valence electrons. The molecule has 3 N–H and O–H groups in total. The Kier molecular flexibility index (Phi) is 10.9. The fourth-order valence-corrected chi connectivity index (χ4v) is 8.09. The Labute approximate surface area is 272 Å². The Morgan fingerprint density at radius 2 is 1.91 bits per heavy atom. The molecule has 3 unspecified atom stereocenters. The van der Waals surface area contributed by atoms with E-state index in [0.29, 0.717) is 29.5 Å². The van der Waals surface area contributed by atoms with Gasteiger partial charge in [-0.1, -0.05) is 18.2 Å². The lowest BCUT2D eigenvalue weighted by molar-refractivity contribution is -0.138. The Hall–Kier alpha value is -3.62. The zero-order chi connectivity index (χ0) is 32.8. The highest BCUT2D eigenvalue weighted by Gasteiger charge is 2.31. The standard InChI is InChI=1S/C33H39FN4O6S2/c1-22(24-5-9-26(34)10-6-24)37-18-16-23(20-37)21-46(42,43)35-17-15-28-32(25-7-11-27(44-2)12-8-25)38(30(39)13-14-31(40)41)33(36-28)29-4-3-19-45-29/h3-12,19,22-23,30,35,39H,13-18,20-21H2,1-2H3,(H,40,41). The van der Waals surface area contributed by atoms with Crippen molar-refractivity contribution >= 4 is 27.3 Å². The number of carboxylic acid groups (broad SMARTS) is 1. The molecule has 1 saturated heterocycles. The molecule has 4 aromatic rings. The van der Waals surface area contributed by atoms with Gasteiger partial charge >= 0.3 is 5.97 Å². The summed E-state index contributed by atoms with van der Waals surface area (Å²) in [4.78, 5) is 19.2. The van der Waals surface area contributed by atoms with Crippen LogP contribution in [-0.2, 0) is 21.2 Å². The van der Waals surface area contributed by atoms with Crippen LogP contribution in [0.5, 0.6) is 5.75 Å². The normalized spacial score (nSPS) is 16.8. The lowest BCUT2D eigenvalue weighted by atomic mass is 10.1. The van der Waals surface area contributed by atoms with E-state index in [4.69, 9.17) is 9.72 Å². The van der Waals surface area contributed by atoms with Crippen molar-refractivity contribution in [1.29, 1.82) is 0 Å². The van der Waals surface area contributed by atoms with Crippen LogP contribution >= 0.6 is 11.3 Å². The molecule has 0 amide bonds. The second-order valence-corrected chi connectivity index (χ2v) is 14.3. The van der Waals surface area contributed by atoms with Gasteiger partial charge < -0.3 is 14.9 Å². The Bertz CT molecular complexity index is 1710. The number of ether oxygens (including phenoxy) is 1. The van der Waals surface area contributed by atoms with Gasteiger partial charge in [0.25, 0.3) is 0 Å². The van der Waals surface area contributed by atoms with E-state index in [9.17, 15) is 27.8 Å². The number of imidazole rings is 1. The van der Waals surface area contributed by atoms with E-state index in [2.05, 4.69) is 9.62 Å². The van der Waals surface area contributed by atoms with Crippen LogP contribution in [0.1, 0.15) is 49.7 Å². The quantitative estimate of drug-likeness (QED) is 0.155. The molecule has 3 heterocycles. The summed E-state index contributed by atoms with van der Waals surface area (Å²) in [5, 5.41) is 22.4. The molecular formula is C33H39FN4O6S2. The Morgan fingerprint density at radius 3 is 2.57 bits per heavy atom. The second-order valence-electron chi connectivity index (χ2n) is 11.5. The monoisotopic (exact) mass is 670 g/mol. The summed E-state index contributed by atoms with van der Waals surface area (Å²) in [6.45, 7) is 3.53. The molecule has 3 atom stereocenters. The molecule has 13 heteroatoms. The van der Waals surface area contributed by atoms with E-state index in [1.54, 1.807) is 35.9 Å². The summed E-state index contributed by atoms with van der Waals surface area (Å²) in [6.07, 6.45) is -0.447. The van der Waals surface area contributed by atoms with Crippen LogP contribution in [0.25, 0.3) is 22.0 Å².